The van der Waals surface area contributed by atoms with E-state index in [1.807, 2.05) is 0 Å². The normalized spacial score (nSPS) is 21.8. The fourth-order valence-corrected chi connectivity index (χ4v) is 2.74. The molecule has 5 nitrogen and oxygen atoms in total. The Bertz CT molecular complexity index is 603. The van der Waals surface area contributed by atoms with Crippen LogP contribution in [-0.2, 0) is 14.4 Å². The third-order valence-electron chi connectivity index (χ3n) is 3.02. The van der Waals surface area contributed by atoms with Gasteiger partial charge >= 0.3 is 10.1 Å². The Hall–Kier alpha value is -1.87. The van der Waals surface area contributed by atoms with Gasteiger partial charge in [0.15, 0.2) is 0 Å². The van der Waals surface area contributed by atoms with Gasteiger partial charge < -0.3 is 0 Å². The summed E-state index contributed by atoms with van der Waals surface area (Å²) in [6.45, 7) is 0. The molecule has 19 heavy (non-hydrogen) atoms. The summed E-state index contributed by atoms with van der Waals surface area (Å²) in [5.74, 6) is -0.334. The van der Waals surface area contributed by atoms with Crippen LogP contribution in [0.15, 0.2) is 40.4 Å². The molecule has 0 aliphatic heterocycles. The van der Waals surface area contributed by atoms with Crippen molar-refractivity contribution >= 4 is 15.8 Å². The Kier molecular flexibility index (Phi) is 4.17. The number of benzene rings is 1. The summed E-state index contributed by atoms with van der Waals surface area (Å²) in [6.07, 6.45) is 3.20. The third kappa shape index (κ3) is 3.32. The number of hydrogen-bond donors (Lipinski definition) is 0. The smallest absolute Gasteiger partial charge is 0.265 e. The second-order valence-corrected chi connectivity index (χ2v) is 5.88. The molecule has 1 aromatic rings. The lowest BCUT2D eigenvalue weighted by molar-refractivity contribution is 0.332. The van der Waals surface area contributed by atoms with Gasteiger partial charge in [-0.25, -0.2) is 0 Å². The maximum absolute atomic E-state index is 11.9. The summed E-state index contributed by atoms with van der Waals surface area (Å²) < 4.78 is 28.4. The minimum atomic E-state index is -3.89. The summed E-state index contributed by atoms with van der Waals surface area (Å²) in [6, 6.07) is 9.96. The average Bonchev–Trinajstić information content (AvgIpc) is 2.46. The van der Waals surface area contributed by atoms with Gasteiger partial charge in [0.05, 0.1) is 17.7 Å². The van der Waals surface area contributed by atoms with Gasteiger partial charge in [0.2, 0.25) is 0 Å². The van der Waals surface area contributed by atoms with E-state index >= 15 is 0 Å². The molecule has 1 atom stereocenters. The second-order valence-electron chi connectivity index (χ2n) is 4.35. The molecule has 0 amide bonds. The van der Waals surface area contributed by atoms with E-state index in [0.29, 0.717) is 18.6 Å². The molecule has 0 spiro atoms. The molecule has 1 aromatic carbocycles. The molecule has 0 bridgehead atoms. The topological polar surface area (TPSA) is 79.5 Å². The van der Waals surface area contributed by atoms with Crippen LogP contribution in [0.2, 0.25) is 0 Å². The summed E-state index contributed by atoms with van der Waals surface area (Å²) in [7, 11) is -3.89. The first-order chi connectivity index (χ1) is 9.13. The van der Waals surface area contributed by atoms with Crippen molar-refractivity contribution in [1.82, 2.24) is 0 Å². The van der Waals surface area contributed by atoms with E-state index in [1.54, 1.807) is 18.2 Å². The first-order valence-corrected chi connectivity index (χ1v) is 7.49. The van der Waals surface area contributed by atoms with Crippen LogP contribution >= 0.6 is 0 Å². The molecule has 0 radical (unpaired) electrons. The lowest BCUT2D eigenvalue weighted by atomic mass is 9.88. The Morgan fingerprint density at radius 2 is 2.00 bits per heavy atom. The molecule has 0 saturated heterocycles. The van der Waals surface area contributed by atoms with Crippen LogP contribution in [0, 0.1) is 17.2 Å². The van der Waals surface area contributed by atoms with Gasteiger partial charge in [-0.1, -0.05) is 29.8 Å². The van der Waals surface area contributed by atoms with Gasteiger partial charge in [0.1, 0.15) is 4.90 Å². The van der Waals surface area contributed by atoms with Crippen molar-refractivity contribution in [3.63, 3.8) is 0 Å². The number of rotatable bonds is 3. The Labute approximate surface area is 112 Å². The number of nitriles is 1. The summed E-state index contributed by atoms with van der Waals surface area (Å²) in [4.78, 5) is 0.0590. The number of oxime groups is 1. The molecule has 1 aliphatic carbocycles. The number of nitrogens with zero attached hydrogens (tertiary/aromatic N) is 2. The van der Waals surface area contributed by atoms with Gasteiger partial charge in [0, 0.05) is 0 Å². The van der Waals surface area contributed by atoms with E-state index in [2.05, 4.69) is 11.2 Å². The van der Waals surface area contributed by atoms with Crippen LogP contribution in [0.1, 0.15) is 25.7 Å². The van der Waals surface area contributed by atoms with Gasteiger partial charge in [-0.3, -0.25) is 4.28 Å². The molecule has 0 aromatic heterocycles. The highest BCUT2D eigenvalue weighted by Gasteiger charge is 2.22. The highest BCUT2D eigenvalue weighted by atomic mass is 32.2. The molecule has 1 unspecified atom stereocenters. The maximum Gasteiger partial charge on any atom is 0.358 e. The summed E-state index contributed by atoms with van der Waals surface area (Å²) in [5.41, 5.74) is 0.522. The third-order valence-corrected chi connectivity index (χ3v) is 4.14. The zero-order valence-electron chi connectivity index (χ0n) is 10.3. The van der Waals surface area contributed by atoms with Crippen LogP contribution in [0.5, 0.6) is 0 Å². The van der Waals surface area contributed by atoms with E-state index in [-0.39, 0.29) is 10.8 Å². The predicted octanol–water partition coefficient (Wildman–Crippen LogP) is 2.46. The van der Waals surface area contributed by atoms with Crippen molar-refractivity contribution in [3.05, 3.63) is 30.3 Å². The van der Waals surface area contributed by atoms with Crippen molar-refractivity contribution in [3.8, 4) is 6.07 Å². The Morgan fingerprint density at radius 1 is 1.26 bits per heavy atom. The standard InChI is InChI=1S/C13H14N2O3S/c14-10-11-6-4-5-9-13(11)15-18-19(16,17)12-7-2-1-3-8-12/h1-3,7-8,11H,4-6,9H2/b15-13-. The maximum atomic E-state index is 11.9. The van der Waals surface area contributed by atoms with Crippen molar-refractivity contribution in [2.45, 2.75) is 30.6 Å². The van der Waals surface area contributed by atoms with Crippen LogP contribution in [0.3, 0.4) is 0 Å². The second kappa shape index (κ2) is 5.85. The fraction of sp³-hybridized carbons (Fsp3) is 0.385. The SMILES string of the molecule is N#CC1CCCC/C1=N/OS(=O)(=O)c1ccccc1. The molecule has 1 saturated carbocycles. The van der Waals surface area contributed by atoms with Crippen molar-refractivity contribution < 1.29 is 12.7 Å². The van der Waals surface area contributed by atoms with Gasteiger partial charge in [0.25, 0.3) is 0 Å². The minimum absolute atomic E-state index is 0.0590. The minimum Gasteiger partial charge on any atom is -0.265 e. The monoisotopic (exact) mass is 278 g/mol. The lowest BCUT2D eigenvalue weighted by Gasteiger charge is -2.16. The number of hydrogen-bond acceptors (Lipinski definition) is 5. The molecular weight excluding hydrogens is 264 g/mol. The Morgan fingerprint density at radius 3 is 2.68 bits per heavy atom. The van der Waals surface area contributed by atoms with Crippen LogP contribution in [0.25, 0.3) is 0 Å². The first-order valence-electron chi connectivity index (χ1n) is 6.08. The van der Waals surface area contributed by atoms with E-state index in [1.165, 1.54) is 12.1 Å². The van der Waals surface area contributed by atoms with Crippen LogP contribution < -0.4 is 0 Å². The molecule has 0 N–H and O–H groups in total. The van der Waals surface area contributed by atoms with E-state index < -0.39 is 10.1 Å². The average molecular weight is 278 g/mol. The molecular formula is C13H14N2O3S. The lowest BCUT2D eigenvalue weighted by Crippen LogP contribution is -2.18. The van der Waals surface area contributed by atoms with Crippen molar-refractivity contribution in [1.29, 1.82) is 5.26 Å². The molecule has 1 aliphatic rings. The molecule has 100 valence electrons. The van der Waals surface area contributed by atoms with E-state index in [4.69, 9.17) is 9.55 Å². The first kappa shape index (κ1) is 13.6. The molecule has 6 heteroatoms. The predicted molar refractivity (Wildman–Crippen MR) is 69.7 cm³/mol. The summed E-state index contributed by atoms with van der Waals surface area (Å²) >= 11 is 0. The van der Waals surface area contributed by atoms with Gasteiger partial charge in [-0.15, -0.1) is 0 Å². The molecule has 2 rings (SSSR count). The van der Waals surface area contributed by atoms with Crippen molar-refractivity contribution in [2.75, 3.05) is 0 Å². The van der Waals surface area contributed by atoms with Crippen molar-refractivity contribution in [2.24, 2.45) is 11.1 Å². The zero-order chi connectivity index (χ0) is 13.7. The van der Waals surface area contributed by atoms with E-state index in [9.17, 15) is 8.42 Å². The quantitative estimate of drug-likeness (QED) is 0.795. The molecule has 1 fully saturated rings. The van der Waals surface area contributed by atoms with Crippen LogP contribution in [-0.4, -0.2) is 14.1 Å². The van der Waals surface area contributed by atoms with Gasteiger partial charge in [-0.05, 0) is 31.4 Å². The molecule has 0 heterocycles. The largest absolute Gasteiger partial charge is 0.358 e. The fourth-order valence-electron chi connectivity index (χ4n) is 1.97. The highest BCUT2D eigenvalue weighted by Crippen LogP contribution is 2.22. The van der Waals surface area contributed by atoms with Gasteiger partial charge in [-0.2, -0.15) is 13.7 Å². The zero-order valence-corrected chi connectivity index (χ0v) is 11.1. The Balaban J connectivity index is 2.15. The van der Waals surface area contributed by atoms with E-state index in [0.717, 1.165) is 12.8 Å². The van der Waals surface area contributed by atoms with Crippen LogP contribution in [0.4, 0.5) is 0 Å². The summed E-state index contributed by atoms with van der Waals surface area (Å²) in [5, 5.41) is 12.7. The highest BCUT2D eigenvalue weighted by molar-refractivity contribution is 7.86.